The molecular weight excluding hydrogens is 302 g/mol. The zero-order valence-electron chi connectivity index (χ0n) is 11.9. The molecule has 0 spiro atoms. The van der Waals surface area contributed by atoms with Gasteiger partial charge in [0.15, 0.2) is 5.78 Å². The van der Waals surface area contributed by atoms with Crippen LogP contribution in [0.1, 0.15) is 50.4 Å². The molecule has 5 heteroatoms. The summed E-state index contributed by atoms with van der Waals surface area (Å²) < 4.78 is 5.44. The topological polar surface area (TPSA) is 50.5 Å². The Balaban J connectivity index is 1.66. The summed E-state index contributed by atoms with van der Waals surface area (Å²) in [7, 11) is 0. The first-order chi connectivity index (χ1) is 10.6. The number of amides is 1. The third kappa shape index (κ3) is 1.98. The lowest BCUT2D eigenvalue weighted by atomic mass is 9.94. The predicted octanol–water partition coefficient (Wildman–Crippen LogP) is 3.61. The normalized spacial score (nSPS) is 16.6. The Kier molecular flexibility index (Phi) is 3.08. The lowest BCUT2D eigenvalue weighted by Gasteiger charge is -2.16. The maximum absolute atomic E-state index is 12.8. The molecule has 2 aromatic rings. The van der Waals surface area contributed by atoms with Gasteiger partial charge in [-0.1, -0.05) is 23.7 Å². The van der Waals surface area contributed by atoms with E-state index in [1.807, 2.05) is 18.2 Å². The largest absolute Gasteiger partial charge is 0.468 e. The van der Waals surface area contributed by atoms with E-state index in [1.165, 1.54) is 6.26 Å². The Hall–Kier alpha value is -2.07. The minimum atomic E-state index is -0.160. The van der Waals surface area contributed by atoms with Crippen LogP contribution < -0.4 is 0 Å². The number of carbonyl (C=O) groups is 2. The Bertz CT molecular complexity index is 793. The number of ketones is 1. The molecule has 112 valence electrons. The third-order valence-corrected chi connectivity index (χ3v) is 4.75. The van der Waals surface area contributed by atoms with Crippen LogP contribution in [0, 0.1) is 0 Å². The molecule has 4 nitrogen and oxygen atoms in total. The molecule has 0 radical (unpaired) electrons. The Morgan fingerprint density at radius 2 is 2.09 bits per heavy atom. The van der Waals surface area contributed by atoms with E-state index in [-0.39, 0.29) is 11.7 Å². The number of halogens is 1. The smallest absolute Gasteiger partial charge is 0.258 e. The van der Waals surface area contributed by atoms with E-state index in [1.54, 1.807) is 4.90 Å². The van der Waals surface area contributed by atoms with Gasteiger partial charge in [-0.3, -0.25) is 9.59 Å². The molecule has 22 heavy (non-hydrogen) atoms. The van der Waals surface area contributed by atoms with Gasteiger partial charge in [0, 0.05) is 31.0 Å². The predicted molar refractivity (Wildman–Crippen MR) is 81.0 cm³/mol. The molecule has 0 atom stereocenters. The first-order valence-corrected chi connectivity index (χ1v) is 7.72. The summed E-state index contributed by atoms with van der Waals surface area (Å²) in [5, 5.41) is 0.679. The second kappa shape index (κ2) is 4.99. The van der Waals surface area contributed by atoms with Gasteiger partial charge in [0.05, 0.1) is 11.1 Å². The van der Waals surface area contributed by atoms with Crippen LogP contribution in [0.2, 0.25) is 5.02 Å². The van der Waals surface area contributed by atoms with Gasteiger partial charge in [0.1, 0.15) is 12.0 Å². The van der Waals surface area contributed by atoms with Crippen molar-refractivity contribution >= 4 is 23.3 Å². The van der Waals surface area contributed by atoms with Crippen molar-refractivity contribution in [2.24, 2.45) is 0 Å². The molecule has 0 saturated carbocycles. The molecule has 1 aliphatic carbocycles. The highest BCUT2D eigenvalue weighted by atomic mass is 35.5. The number of aryl methyl sites for hydroxylation is 1. The Morgan fingerprint density at radius 1 is 1.23 bits per heavy atom. The van der Waals surface area contributed by atoms with Crippen molar-refractivity contribution in [3.05, 3.63) is 57.5 Å². The van der Waals surface area contributed by atoms with Gasteiger partial charge in [-0.25, -0.2) is 0 Å². The summed E-state index contributed by atoms with van der Waals surface area (Å²) in [6, 6.07) is 5.69. The van der Waals surface area contributed by atoms with E-state index in [4.69, 9.17) is 16.0 Å². The number of furan rings is 1. The fourth-order valence-electron chi connectivity index (χ4n) is 3.27. The monoisotopic (exact) mass is 315 g/mol. The van der Waals surface area contributed by atoms with Crippen molar-refractivity contribution in [1.82, 2.24) is 4.90 Å². The lowest BCUT2D eigenvalue weighted by molar-refractivity contribution is 0.0745. The number of benzene rings is 1. The van der Waals surface area contributed by atoms with E-state index in [0.717, 1.165) is 24.0 Å². The van der Waals surface area contributed by atoms with E-state index >= 15 is 0 Å². The summed E-state index contributed by atoms with van der Waals surface area (Å²) in [5.74, 6) is 0.495. The van der Waals surface area contributed by atoms with Crippen LogP contribution in [0.15, 0.2) is 28.9 Å². The number of fused-ring (bicyclic) bond motifs is 2. The molecule has 0 saturated heterocycles. The van der Waals surface area contributed by atoms with Crippen molar-refractivity contribution in [3.63, 3.8) is 0 Å². The van der Waals surface area contributed by atoms with Crippen LogP contribution in [0.5, 0.6) is 0 Å². The van der Waals surface area contributed by atoms with E-state index in [0.29, 0.717) is 41.4 Å². The fourth-order valence-corrected chi connectivity index (χ4v) is 3.53. The van der Waals surface area contributed by atoms with Gasteiger partial charge in [-0.2, -0.15) is 0 Å². The van der Waals surface area contributed by atoms with Crippen molar-refractivity contribution in [1.29, 1.82) is 0 Å². The summed E-state index contributed by atoms with van der Waals surface area (Å²) in [6.45, 7) is 0.991. The van der Waals surface area contributed by atoms with E-state index < -0.39 is 0 Å². The first-order valence-electron chi connectivity index (χ1n) is 7.34. The molecule has 1 aromatic carbocycles. The number of hydrogen-bond donors (Lipinski definition) is 0. The highest BCUT2D eigenvalue weighted by molar-refractivity contribution is 6.31. The summed E-state index contributed by atoms with van der Waals surface area (Å²) >= 11 is 6.19. The molecule has 1 aromatic heterocycles. The van der Waals surface area contributed by atoms with Gasteiger partial charge in [0.25, 0.3) is 5.91 Å². The molecule has 2 aliphatic rings. The standard InChI is InChI=1S/C17H14ClNO3/c18-13-4-1-3-10-7-19(8-11(10)13)17(21)12-9-22-15-6-2-5-14(20)16(12)15/h1,3-4,9H,2,5-8H2. The number of Topliss-reactive ketones (excluding diaryl/α,β-unsaturated/α-hetero) is 1. The van der Waals surface area contributed by atoms with Crippen molar-refractivity contribution in [3.8, 4) is 0 Å². The Labute approximate surface area is 132 Å². The number of hydrogen-bond acceptors (Lipinski definition) is 3. The van der Waals surface area contributed by atoms with Crippen LogP contribution in [-0.2, 0) is 19.5 Å². The van der Waals surface area contributed by atoms with Crippen LogP contribution >= 0.6 is 11.6 Å². The molecule has 0 bridgehead atoms. The second-order valence-electron chi connectivity index (χ2n) is 5.76. The minimum absolute atomic E-state index is 0.00749. The van der Waals surface area contributed by atoms with Crippen LogP contribution in [0.25, 0.3) is 0 Å². The number of rotatable bonds is 1. The fraction of sp³-hybridized carbons (Fsp3) is 0.294. The highest BCUT2D eigenvalue weighted by Gasteiger charge is 2.32. The average molecular weight is 316 g/mol. The molecule has 4 rings (SSSR count). The minimum Gasteiger partial charge on any atom is -0.468 e. The second-order valence-corrected chi connectivity index (χ2v) is 6.17. The highest BCUT2D eigenvalue weighted by Crippen LogP contribution is 2.32. The summed E-state index contributed by atoms with van der Waals surface area (Å²) in [6.07, 6.45) is 3.43. The van der Waals surface area contributed by atoms with Crippen molar-refractivity contribution < 1.29 is 14.0 Å². The molecule has 1 aliphatic heterocycles. The molecule has 0 unspecified atom stereocenters. The van der Waals surface area contributed by atoms with Crippen LogP contribution in [-0.4, -0.2) is 16.6 Å². The van der Waals surface area contributed by atoms with Crippen molar-refractivity contribution in [2.75, 3.05) is 0 Å². The lowest BCUT2D eigenvalue weighted by Crippen LogP contribution is -2.27. The van der Waals surface area contributed by atoms with Gasteiger partial charge in [0.2, 0.25) is 0 Å². The summed E-state index contributed by atoms with van der Waals surface area (Å²) in [5.41, 5.74) is 2.92. The van der Waals surface area contributed by atoms with E-state index in [9.17, 15) is 9.59 Å². The molecule has 0 fully saturated rings. The SMILES string of the molecule is O=C1CCCc2occ(C(=O)N3Cc4cccc(Cl)c4C3)c21. The third-order valence-electron chi connectivity index (χ3n) is 4.40. The molecular formula is C17H14ClNO3. The Morgan fingerprint density at radius 3 is 2.91 bits per heavy atom. The van der Waals surface area contributed by atoms with Gasteiger partial charge < -0.3 is 9.32 Å². The maximum Gasteiger partial charge on any atom is 0.258 e. The molecule has 0 N–H and O–H groups in total. The zero-order chi connectivity index (χ0) is 15.3. The van der Waals surface area contributed by atoms with Crippen LogP contribution in [0.3, 0.4) is 0 Å². The summed E-state index contributed by atoms with van der Waals surface area (Å²) in [4.78, 5) is 26.6. The van der Waals surface area contributed by atoms with Gasteiger partial charge in [-0.15, -0.1) is 0 Å². The average Bonchev–Trinajstić information content (AvgIpc) is 3.12. The molecule has 1 amide bonds. The van der Waals surface area contributed by atoms with E-state index in [2.05, 4.69) is 0 Å². The first kappa shape index (κ1) is 13.6. The quantitative estimate of drug-likeness (QED) is 0.807. The zero-order valence-corrected chi connectivity index (χ0v) is 12.7. The van der Waals surface area contributed by atoms with Crippen LogP contribution in [0.4, 0.5) is 0 Å². The van der Waals surface area contributed by atoms with Gasteiger partial charge >= 0.3 is 0 Å². The molecule has 2 heterocycles. The number of nitrogens with zero attached hydrogens (tertiary/aromatic N) is 1. The van der Waals surface area contributed by atoms with Crippen molar-refractivity contribution in [2.45, 2.75) is 32.4 Å². The maximum atomic E-state index is 12.8. The van der Waals surface area contributed by atoms with Gasteiger partial charge in [-0.05, 0) is 23.6 Å². The number of carbonyl (C=O) groups excluding carboxylic acids is 2.